The number of rotatable bonds is 4. The van der Waals surface area contributed by atoms with E-state index in [0.29, 0.717) is 18.7 Å². The van der Waals surface area contributed by atoms with Gasteiger partial charge in [0.15, 0.2) is 15.7 Å². The maximum absolute atomic E-state index is 6.16. The van der Waals surface area contributed by atoms with Crippen molar-refractivity contribution in [3.05, 3.63) is 34.9 Å². The minimum Gasteiger partial charge on any atom is -0.475 e. The van der Waals surface area contributed by atoms with Crippen molar-refractivity contribution in [3.63, 3.8) is 0 Å². The van der Waals surface area contributed by atoms with E-state index in [1.807, 2.05) is 14.0 Å². The van der Waals surface area contributed by atoms with Gasteiger partial charge in [-0.2, -0.15) is 0 Å². The van der Waals surface area contributed by atoms with Gasteiger partial charge in [-0.15, -0.1) is 0 Å². The van der Waals surface area contributed by atoms with Crippen LogP contribution in [0.25, 0.3) is 0 Å². The second-order valence-corrected chi connectivity index (χ2v) is 8.73. The normalized spacial score (nSPS) is 33.2. The van der Waals surface area contributed by atoms with Crippen molar-refractivity contribution < 1.29 is 14.3 Å². The minimum atomic E-state index is -0.516. The fraction of sp³-hybridized carbons (Fsp3) is 0.600. The molecule has 1 saturated carbocycles. The third-order valence-electron chi connectivity index (χ3n) is 6.96. The summed E-state index contributed by atoms with van der Waals surface area (Å²) in [5.41, 5.74) is 9.21. The number of aliphatic imine (C=N–C) groups is 1. The number of ether oxygens (including phenoxy) is 2. The first-order valence-corrected chi connectivity index (χ1v) is 10.2. The highest BCUT2D eigenvalue weighted by atomic mass is 16.6. The molecule has 1 heterocycles. The number of benzene rings is 1. The fourth-order valence-corrected chi connectivity index (χ4v) is 5.83. The molecule has 4 rings (SSSR count). The minimum absolute atomic E-state index is 0.00926. The molecule has 3 aliphatic rings. The number of oxime groups is 1. The summed E-state index contributed by atoms with van der Waals surface area (Å²) in [6, 6.07) is 6.80. The van der Waals surface area contributed by atoms with Gasteiger partial charge in [-0.05, 0) is 61.8 Å². The van der Waals surface area contributed by atoms with E-state index < -0.39 is 10.9 Å². The lowest BCUT2D eigenvalue weighted by Gasteiger charge is -2.51. The summed E-state index contributed by atoms with van der Waals surface area (Å²) in [5.74, 6) is 0. The molecule has 1 aromatic rings. The molecule has 6 nitrogen and oxygen atoms in total. The number of amidine groups is 1. The van der Waals surface area contributed by atoms with Crippen LogP contribution in [0.5, 0.6) is 0 Å². The molecule has 0 amide bonds. The van der Waals surface area contributed by atoms with Crippen LogP contribution in [0.4, 0.5) is 0 Å². The molecule has 28 heavy (non-hydrogen) atoms. The van der Waals surface area contributed by atoms with Crippen molar-refractivity contribution >= 4 is 27.9 Å². The molecule has 2 spiro atoms. The molecule has 1 atom stereocenters. The number of nitrogens with two attached hydrogens (primary N) is 1. The maximum atomic E-state index is 6.16. The average molecular weight is 381 g/mol. The summed E-state index contributed by atoms with van der Waals surface area (Å²) in [4.78, 5) is 10.2. The Morgan fingerprint density at radius 1 is 1.36 bits per heavy atom. The smallest absolute Gasteiger partial charge is 0.282 e. The van der Waals surface area contributed by atoms with Crippen LogP contribution in [0.15, 0.2) is 28.3 Å². The lowest BCUT2D eigenvalue weighted by atomic mass is 9.45. The van der Waals surface area contributed by atoms with Gasteiger partial charge in [-0.3, -0.25) is 0 Å². The van der Waals surface area contributed by atoms with Gasteiger partial charge in [0.2, 0.25) is 0 Å². The summed E-state index contributed by atoms with van der Waals surface area (Å²) in [6.45, 7) is 2.47. The molecule has 1 aromatic carbocycles. The van der Waals surface area contributed by atoms with E-state index in [9.17, 15) is 0 Å². The van der Waals surface area contributed by atoms with Crippen molar-refractivity contribution in [1.29, 1.82) is 0 Å². The first-order chi connectivity index (χ1) is 13.4. The van der Waals surface area contributed by atoms with E-state index in [4.69, 9.17) is 25.0 Å². The summed E-state index contributed by atoms with van der Waals surface area (Å²) < 4.78 is 11.7. The molecule has 0 bridgehead atoms. The molecule has 148 valence electrons. The van der Waals surface area contributed by atoms with Crippen LogP contribution < -0.4 is 5.73 Å². The Labute approximate surface area is 168 Å². The largest absolute Gasteiger partial charge is 0.475 e. The molecule has 2 aliphatic carbocycles. The van der Waals surface area contributed by atoms with E-state index in [1.54, 1.807) is 6.21 Å². The lowest BCUT2D eigenvalue weighted by molar-refractivity contribution is -0.0256. The van der Waals surface area contributed by atoms with Crippen LogP contribution in [0.2, 0.25) is 0 Å². The van der Waals surface area contributed by atoms with Gasteiger partial charge in [0.1, 0.15) is 12.1 Å². The molecule has 1 aliphatic heterocycles. The van der Waals surface area contributed by atoms with Gasteiger partial charge in [-0.25, -0.2) is 4.99 Å². The van der Waals surface area contributed by atoms with Crippen molar-refractivity contribution in [2.24, 2.45) is 21.3 Å². The van der Waals surface area contributed by atoms with Crippen LogP contribution in [0, 0.1) is 5.41 Å². The van der Waals surface area contributed by atoms with E-state index in [1.165, 1.54) is 11.1 Å². The predicted molar refractivity (Wildman–Crippen MR) is 115 cm³/mol. The monoisotopic (exact) mass is 381 g/mol. The third kappa shape index (κ3) is 2.68. The summed E-state index contributed by atoms with van der Waals surface area (Å²) >= 11 is 0. The highest BCUT2D eigenvalue weighted by molar-refractivity contribution is 6.41. The first-order valence-electron chi connectivity index (χ1n) is 10.2. The van der Waals surface area contributed by atoms with Crippen molar-refractivity contribution in [2.45, 2.75) is 56.1 Å². The predicted octanol–water partition coefficient (Wildman–Crippen LogP) is 0.649. The number of methoxy groups -OCH3 is 1. The lowest BCUT2D eigenvalue weighted by Crippen LogP contribution is -2.59. The zero-order valence-corrected chi connectivity index (χ0v) is 17.3. The molecule has 1 fully saturated rings. The first kappa shape index (κ1) is 19.4. The Morgan fingerprint density at radius 2 is 2.11 bits per heavy atom. The Hall–Kier alpha value is -1.95. The second-order valence-electron chi connectivity index (χ2n) is 8.73. The van der Waals surface area contributed by atoms with Gasteiger partial charge in [0.25, 0.3) is 6.02 Å². The van der Waals surface area contributed by atoms with Crippen LogP contribution in [0.1, 0.15) is 49.3 Å². The van der Waals surface area contributed by atoms with Gasteiger partial charge >= 0.3 is 0 Å². The average Bonchev–Trinajstić information content (AvgIpc) is 3.07. The third-order valence-corrected chi connectivity index (χ3v) is 6.96. The second kappa shape index (κ2) is 6.83. The fourth-order valence-electron chi connectivity index (χ4n) is 5.83. The molecule has 2 N–H and O–H groups in total. The molecular weight excluding hydrogens is 352 g/mol. The Morgan fingerprint density at radius 3 is 2.71 bits per heavy atom. The molecule has 0 saturated heterocycles. The van der Waals surface area contributed by atoms with Gasteiger partial charge in [0, 0.05) is 12.5 Å². The highest BCUT2D eigenvalue weighted by Gasteiger charge is 2.68. The van der Waals surface area contributed by atoms with Crippen LogP contribution in [-0.2, 0) is 26.3 Å². The number of hydrogen-bond donors (Lipinski definition) is 1. The van der Waals surface area contributed by atoms with Gasteiger partial charge in [0.05, 0.1) is 17.7 Å². The van der Waals surface area contributed by atoms with Gasteiger partial charge < -0.3 is 20.0 Å². The van der Waals surface area contributed by atoms with Gasteiger partial charge in [-0.1, -0.05) is 17.3 Å². The molecule has 1 unspecified atom stereocenters. The van der Waals surface area contributed by atoms with Crippen molar-refractivity contribution in [2.75, 3.05) is 13.7 Å². The molecule has 8 heteroatoms. The molecule has 0 aromatic heterocycles. The SMILES string of the molecule is BC1(B)OC(N)=NC12c1cc(/C=N/OCC)ccc1C[C@]21CC[C@@H](OC)CC1. The summed E-state index contributed by atoms with van der Waals surface area (Å²) in [5, 5.41) is 3.53. The van der Waals surface area contributed by atoms with E-state index in [2.05, 4.69) is 39.0 Å². The topological polar surface area (TPSA) is 78.4 Å². The quantitative estimate of drug-likeness (QED) is 0.472. The summed E-state index contributed by atoms with van der Waals surface area (Å²) in [6.07, 6.45) is 7.25. The summed E-state index contributed by atoms with van der Waals surface area (Å²) in [7, 11) is 6.05. The molecule has 0 radical (unpaired) electrons. The maximum Gasteiger partial charge on any atom is 0.282 e. The number of hydrogen-bond acceptors (Lipinski definition) is 6. The van der Waals surface area contributed by atoms with E-state index >= 15 is 0 Å². The Bertz CT molecular complexity index is 819. The van der Waals surface area contributed by atoms with Crippen molar-refractivity contribution in [1.82, 2.24) is 0 Å². The Kier molecular flexibility index (Phi) is 4.73. The Balaban J connectivity index is 1.83. The highest BCUT2D eigenvalue weighted by Crippen LogP contribution is 2.64. The number of fused-ring (bicyclic) bond motifs is 3. The van der Waals surface area contributed by atoms with Crippen LogP contribution in [-0.4, -0.2) is 53.1 Å². The van der Waals surface area contributed by atoms with E-state index in [-0.39, 0.29) is 5.41 Å². The zero-order chi connectivity index (χ0) is 20.0. The van der Waals surface area contributed by atoms with Crippen LogP contribution >= 0.6 is 0 Å². The number of nitrogens with zero attached hydrogens (tertiary/aromatic N) is 2. The zero-order valence-electron chi connectivity index (χ0n) is 17.3. The van der Waals surface area contributed by atoms with E-state index in [0.717, 1.165) is 37.7 Å². The standard InChI is InChI=1S/C20H29B2N3O3/c1-3-27-24-12-13-4-5-14-11-18(8-6-15(26-2)7-9-18)19(16(14)10-13)20(21,22)28-17(23)25-19/h4-5,10,12,15H,3,6-9,11,21-22H2,1-2H3,(H2,23,25)/b24-12+/t15-,18-,19?. The van der Waals surface area contributed by atoms with Crippen molar-refractivity contribution in [3.8, 4) is 0 Å². The van der Waals surface area contributed by atoms with Crippen LogP contribution in [0.3, 0.4) is 0 Å². The molecular formula is C20H29B2N3O3.